The summed E-state index contributed by atoms with van der Waals surface area (Å²) < 4.78 is 1.86. The van der Waals surface area contributed by atoms with E-state index in [1.165, 1.54) is 0 Å². The van der Waals surface area contributed by atoms with E-state index in [0.29, 0.717) is 30.2 Å². The van der Waals surface area contributed by atoms with Crippen LogP contribution in [0.1, 0.15) is 38.3 Å². The lowest BCUT2D eigenvalue weighted by molar-refractivity contribution is 0.0672. The van der Waals surface area contributed by atoms with Crippen LogP contribution in [0, 0.1) is 6.92 Å². The molecule has 150 valence electrons. The maximum absolute atomic E-state index is 10.0. The molecule has 3 aromatic rings. The highest BCUT2D eigenvalue weighted by Gasteiger charge is 2.19. The van der Waals surface area contributed by atoms with Crippen LogP contribution in [-0.2, 0) is 13.6 Å². The van der Waals surface area contributed by atoms with Crippen molar-refractivity contribution in [2.75, 3.05) is 16.4 Å². The molecule has 0 amide bonds. The summed E-state index contributed by atoms with van der Waals surface area (Å²) in [4.78, 5) is 13.6. The molecule has 0 fully saturated rings. The maximum Gasteiger partial charge on any atom is 0.226 e. The third-order valence-electron chi connectivity index (χ3n) is 4.49. The van der Waals surface area contributed by atoms with Crippen LogP contribution in [0.4, 0.5) is 17.5 Å². The van der Waals surface area contributed by atoms with Crippen LogP contribution in [0.5, 0.6) is 0 Å². The second kappa shape index (κ2) is 7.63. The number of hydrogen-bond acceptors (Lipinski definition) is 7. The molecule has 8 heteroatoms. The standard InChI is InChI=1S/C20H29N7O/c1-12-6-7-14(15(21)8-12)10-22-17-16-18(27(5)11-23-16)26-19(25-17)24-13(2)9-20(3,4)28/h6-8,11,13,28H,9-10,21H2,1-5H3,(H2,22,24,25,26). The molecule has 0 aliphatic carbocycles. The minimum atomic E-state index is -0.771. The van der Waals surface area contributed by atoms with Gasteiger partial charge >= 0.3 is 0 Å². The summed E-state index contributed by atoms with van der Waals surface area (Å²) in [5.74, 6) is 1.13. The Bertz CT molecular complexity index is 975. The molecule has 0 aliphatic heterocycles. The van der Waals surface area contributed by atoms with Crippen LogP contribution in [0.25, 0.3) is 11.2 Å². The number of nitrogens with two attached hydrogens (primary N) is 1. The molecule has 5 N–H and O–H groups in total. The number of rotatable bonds is 7. The highest BCUT2D eigenvalue weighted by Crippen LogP contribution is 2.23. The van der Waals surface area contributed by atoms with Crippen LogP contribution in [0.2, 0.25) is 0 Å². The number of imidazole rings is 1. The quantitative estimate of drug-likeness (QED) is 0.464. The first kappa shape index (κ1) is 19.9. The SMILES string of the molecule is Cc1ccc(CNc2nc(NC(C)CC(C)(C)O)nc3c2ncn3C)c(N)c1. The first-order valence-electron chi connectivity index (χ1n) is 9.39. The van der Waals surface area contributed by atoms with E-state index in [-0.39, 0.29) is 6.04 Å². The topological polar surface area (TPSA) is 114 Å². The Balaban J connectivity index is 1.86. The number of anilines is 3. The van der Waals surface area contributed by atoms with Crippen molar-refractivity contribution in [2.45, 2.75) is 52.3 Å². The molecule has 28 heavy (non-hydrogen) atoms. The largest absolute Gasteiger partial charge is 0.398 e. The molecule has 0 aliphatic rings. The van der Waals surface area contributed by atoms with Gasteiger partial charge < -0.3 is 26.0 Å². The summed E-state index contributed by atoms with van der Waals surface area (Å²) in [7, 11) is 1.90. The monoisotopic (exact) mass is 383 g/mol. The number of fused-ring (bicyclic) bond motifs is 1. The van der Waals surface area contributed by atoms with Gasteiger partial charge in [0.15, 0.2) is 17.0 Å². The lowest BCUT2D eigenvalue weighted by Crippen LogP contribution is -2.29. The number of benzene rings is 1. The molecule has 2 aromatic heterocycles. The lowest BCUT2D eigenvalue weighted by Gasteiger charge is -2.23. The molecule has 1 unspecified atom stereocenters. The zero-order valence-corrected chi connectivity index (χ0v) is 17.1. The maximum atomic E-state index is 10.0. The van der Waals surface area contributed by atoms with Gasteiger partial charge in [0.2, 0.25) is 5.95 Å². The molecule has 1 atom stereocenters. The van der Waals surface area contributed by atoms with Gasteiger partial charge in [-0.2, -0.15) is 9.97 Å². The molecule has 0 saturated heterocycles. The van der Waals surface area contributed by atoms with Crippen LogP contribution in [0.15, 0.2) is 24.5 Å². The number of nitrogens with zero attached hydrogens (tertiary/aromatic N) is 4. The van der Waals surface area contributed by atoms with Crippen molar-refractivity contribution in [1.82, 2.24) is 19.5 Å². The summed E-state index contributed by atoms with van der Waals surface area (Å²) in [6.07, 6.45) is 2.29. The predicted octanol–water partition coefficient (Wildman–Crippen LogP) is 2.83. The van der Waals surface area contributed by atoms with Crippen molar-refractivity contribution in [3.05, 3.63) is 35.7 Å². The summed E-state index contributed by atoms with van der Waals surface area (Å²) in [6.45, 7) is 8.12. The Labute approximate surface area is 165 Å². The van der Waals surface area contributed by atoms with Crippen LogP contribution < -0.4 is 16.4 Å². The lowest BCUT2D eigenvalue weighted by atomic mass is 10.0. The fraction of sp³-hybridized carbons (Fsp3) is 0.450. The predicted molar refractivity (Wildman–Crippen MR) is 113 cm³/mol. The van der Waals surface area contributed by atoms with Crippen LogP contribution in [-0.4, -0.2) is 36.3 Å². The molecule has 8 nitrogen and oxygen atoms in total. The van der Waals surface area contributed by atoms with Gasteiger partial charge in [-0.1, -0.05) is 12.1 Å². The van der Waals surface area contributed by atoms with E-state index in [9.17, 15) is 5.11 Å². The van der Waals surface area contributed by atoms with E-state index >= 15 is 0 Å². The molecule has 3 rings (SSSR count). The van der Waals surface area contributed by atoms with Gasteiger partial charge in [0.25, 0.3) is 0 Å². The molecule has 1 aromatic carbocycles. The van der Waals surface area contributed by atoms with E-state index < -0.39 is 5.60 Å². The number of nitrogens with one attached hydrogen (secondary N) is 2. The summed E-state index contributed by atoms with van der Waals surface area (Å²) in [5.41, 5.74) is 9.66. The van der Waals surface area contributed by atoms with E-state index in [0.717, 1.165) is 22.5 Å². The molecule has 0 spiro atoms. The average Bonchev–Trinajstić information content (AvgIpc) is 2.93. The van der Waals surface area contributed by atoms with Gasteiger partial charge in [-0.05, 0) is 51.3 Å². The summed E-state index contributed by atoms with van der Waals surface area (Å²) in [6, 6.07) is 6.01. The minimum Gasteiger partial charge on any atom is -0.398 e. The van der Waals surface area contributed by atoms with E-state index in [2.05, 4.69) is 25.6 Å². The van der Waals surface area contributed by atoms with E-state index in [1.807, 2.05) is 43.7 Å². The third kappa shape index (κ3) is 4.69. The number of nitrogen functional groups attached to an aromatic ring is 1. The Morgan fingerprint density at radius 1 is 1.29 bits per heavy atom. The van der Waals surface area contributed by atoms with Crippen molar-refractivity contribution in [1.29, 1.82) is 0 Å². The number of hydrogen-bond donors (Lipinski definition) is 4. The van der Waals surface area contributed by atoms with Crippen LogP contribution in [0.3, 0.4) is 0 Å². The second-order valence-electron chi connectivity index (χ2n) is 8.04. The number of aliphatic hydroxyl groups is 1. The van der Waals surface area contributed by atoms with Crippen molar-refractivity contribution < 1.29 is 5.11 Å². The molecule has 0 radical (unpaired) electrons. The Kier molecular flexibility index (Phi) is 5.42. The van der Waals surface area contributed by atoms with Crippen molar-refractivity contribution in [3.8, 4) is 0 Å². The van der Waals surface area contributed by atoms with E-state index in [4.69, 9.17) is 5.73 Å². The van der Waals surface area contributed by atoms with Gasteiger partial charge in [-0.25, -0.2) is 4.98 Å². The average molecular weight is 384 g/mol. The Hall–Kier alpha value is -2.87. The van der Waals surface area contributed by atoms with Crippen molar-refractivity contribution in [3.63, 3.8) is 0 Å². The smallest absolute Gasteiger partial charge is 0.226 e. The van der Waals surface area contributed by atoms with Gasteiger partial charge in [-0.3, -0.25) is 0 Å². The number of aromatic nitrogens is 4. The van der Waals surface area contributed by atoms with Crippen molar-refractivity contribution >= 4 is 28.6 Å². The van der Waals surface area contributed by atoms with Gasteiger partial charge in [0.1, 0.15) is 0 Å². The Morgan fingerprint density at radius 3 is 2.71 bits per heavy atom. The first-order valence-corrected chi connectivity index (χ1v) is 9.39. The second-order valence-corrected chi connectivity index (χ2v) is 8.04. The highest BCUT2D eigenvalue weighted by atomic mass is 16.3. The Morgan fingerprint density at radius 2 is 2.04 bits per heavy atom. The zero-order valence-electron chi connectivity index (χ0n) is 17.1. The van der Waals surface area contributed by atoms with Gasteiger partial charge in [0.05, 0.1) is 11.9 Å². The fourth-order valence-electron chi connectivity index (χ4n) is 3.27. The normalized spacial score (nSPS) is 12.9. The fourth-order valence-corrected chi connectivity index (χ4v) is 3.27. The highest BCUT2D eigenvalue weighted by molar-refractivity contribution is 5.84. The minimum absolute atomic E-state index is 0.00581. The van der Waals surface area contributed by atoms with Gasteiger partial charge in [-0.15, -0.1) is 0 Å². The molecule has 0 bridgehead atoms. The molecule has 0 saturated carbocycles. The summed E-state index contributed by atoms with van der Waals surface area (Å²) >= 11 is 0. The van der Waals surface area contributed by atoms with Crippen LogP contribution >= 0.6 is 0 Å². The third-order valence-corrected chi connectivity index (χ3v) is 4.49. The van der Waals surface area contributed by atoms with Gasteiger partial charge in [0, 0.05) is 25.3 Å². The molecule has 2 heterocycles. The van der Waals surface area contributed by atoms with Crippen molar-refractivity contribution in [2.24, 2.45) is 7.05 Å². The first-order chi connectivity index (χ1) is 13.1. The number of aryl methyl sites for hydroxylation is 2. The molecular weight excluding hydrogens is 354 g/mol. The van der Waals surface area contributed by atoms with E-state index in [1.54, 1.807) is 20.2 Å². The molecular formula is C20H29N7O. The zero-order chi connectivity index (χ0) is 20.5. The summed E-state index contributed by atoms with van der Waals surface area (Å²) in [5, 5.41) is 16.7.